The molecule has 2 aromatic rings. The van der Waals surface area contributed by atoms with Gasteiger partial charge in [0.05, 0.1) is 30.8 Å². The summed E-state index contributed by atoms with van der Waals surface area (Å²) in [5.41, 5.74) is 0.948. The molecule has 102 valence electrons. The Morgan fingerprint density at radius 3 is 2.37 bits per heavy atom. The molecule has 0 radical (unpaired) electrons. The molecule has 0 spiro atoms. The first kappa shape index (κ1) is 14.0. The summed E-state index contributed by atoms with van der Waals surface area (Å²) in [6.45, 7) is 1.92. The minimum atomic E-state index is -1.25. The predicted molar refractivity (Wildman–Crippen MR) is 76.5 cm³/mol. The molecule has 0 N–H and O–H groups in total. The summed E-state index contributed by atoms with van der Waals surface area (Å²) in [5.74, 6) is 1.52. The van der Waals surface area contributed by atoms with Gasteiger partial charge in [0, 0.05) is 11.1 Å². The number of hydrogen-bond acceptors (Lipinski definition) is 5. The molecule has 4 nitrogen and oxygen atoms in total. The number of ether oxygens (including phenoxy) is 2. The van der Waals surface area contributed by atoms with Crippen LogP contribution in [0, 0.1) is 6.92 Å². The Bertz CT molecular complexity index is 573. The van der Waals surface area contributed by atoms with E-state index in [1.807, 2.05) is 18.4 Å². The summed E-state index contributed by atoms with van der Waals surface area (Å²) in [6.07, 6.45) is 0. The minimum Gasteiger partial charge on any atom is -0.495 e. The largest absolute Gasteiger partial charge is 0.495 e. The van der Waals surface area contributed by atoms with Crippen molar-refractivity contribution in [2.75, 3.05) is 14.2 Å². The minimum absolute atomic E-state index is 0.370. The summed E-state index contributed by atoms with van der Waals surface area (Å²) >= 11 is 1.51. The lowest BCUT2D eigenvalue weighted by atomic mass is 10.3. The molecule has 1 atom stereocenters. The average molecular weight is 297 g/mol. The Kier molecular flexibility index (Phi) is 4.55. The fourth-order valence-electron chi connectivity index (χ4n) is 1.69. The van der Waals surface area contributed by atoms with E-state index in [0.29, 0.717) is 22.1 Å². The third-order valence-corrected chi connectivity index (χ3v) is 5.07. The summed E-state index contributed by atoms with van der Waals surface area (Å²) in [7, 11) is 1.87. The number of rotatable bonds is 5. The standard InChI is InChI=1S/C13H15NO3S2/c1-9-7-18-12(14-9)8-19(15)13-10(16-2)5-4-6-11(13)17-3/h4-7H,8H2,1-3H3. The quantitative estimate of drug-likeness (QED) is 0.851. The van der Waals surface area contributed by atoms with Crippen molar-refractivity contribution in [3.63, 3.8) is 0 Å². The number of nitrogens with zero attached hydrogens (tertiary/aromatic N) is 1. The van der Waals surface area contributed by atoms with Crippen LogP contribution in [0.3, 0.4) is 0 Å². The highest BCUT2D eigenvalue weighted by molar-refractivity contribution is 7.84. The number of aryl methyl sites for hydroxylation is 1. The fraction of sp³-hybridized carbons (Fsp3) is 0.308. The van der Waals surface area contributed by atoms with Crippen molar-refractivity contribution in [3.8, 4) is 11.5 Å². The van der Waals surface area contributed by atoms with Gasteiger partial charge in [-0.2, -0.15) is 0 Å². The first-order valence-electron chi connectivity index (χ1n) is 5.66. The Morgan fingerprint density at radius 1 is 1.26 bits per heavy atom. The van der Waals surface area contributed by atoms with Crippen LogP contribution in [0.5, 0.6) is 11.5 Å². The van der Waals surface area contributed by atoms with Crippen molar-refractivity contribution in [1.82, 2.24) is 4.98 Å². The van der Waals surface area contributed by atoms with Gasteiger partial charge in [-0.25, -0.2) is 4.98 Å². The summed E-state index contributed by atoms with van der Waals surface area (Å²) in [4.78, 5) is 4.91. The van der Waals surface area contributed by atoms with E-state index in [1.54, 1.807) is 26.4 Å². The second-order valence-corrected chi connectivity index (χ2v) is 6.19. The molecule has 1 aromatic carbocycles. The van der Waals surface area contributed by atoms with E-state index < -0.39 is 10.8 Å². The van der Waals surface area contributed by atoms with Crippen molar-refractivity contribution in [3.05, 3.63) is 34.3 Å². The van der Waals surface area contributed by atoms with Crippen molar-refractivity contribution < 1.29 is 13.7 Å². The van der Waals surface area contributed by atoms with Crippen LogP contribution >= 0.6 is 11.3 Å². The third-order valence-electron chi connectivity index (χ3n) is 2.53. The van der Waals surface area contributed by atoms with Crippen LogP contribution in [-0.4, -0.2) is 23.4 Å². The van der Waals surface area contributed by atoms with Gasteiger partial charge in [0.25, 0.3) is 0 Å². The Hall–Kier alpha value is -1.40. The highest BCUT2D eigenvalue weighted by Gasteiger charge is 2.18. The average Bonchev–Trinajstić information content (AvgIpc) is 2.82. The van der Waals surface area contributed by atoms with E-state index in [9.17, 15) is 4.21 Å². The monoisotopic (exact) mass is 297 g/mol. The predicted octanol–water partition coefficient (Wildman–Crippen LogP) is 2.78. The summed E-state index contributed by atoms with van der Waals surface area (Å²) in [6, 6.07) is 5.37. The van der Waals surface area contributed by atoms with Gasteiger partial charge in [-0.3, -0.25) is 4.21 Å². The van der Waals surface area contributed by atoms with Gasteiger partial charge in [-0.15, -0.1) is 11.3 Å². The molecule has 0 fully saturated rings. The molecular weight excluding hydrogens is 282 g/mol. The highest BCUT2D eigenvalue weighted by atomic mass is 32.2. The Morgan fingerprint density at radius 2 is 1.89 bits per heavy atom. The second-order valence-electron chi connectivity index (χ2n) is 3.86. The van der Waals surface area contributed by atoms with E-state index in [0.717, 1.165) is 10.7 Å². The van der Waals surface area contributed by atoms with Crippen molar-refractivity contribution in [2.24, 2.45) is 0 Å². The molecule has 0 aliphatic rings. The molecule has 0 aliphatic heterocycles. The van der Waals surface area contributed by atoms with Gasteiger partial charge in [0.1, 0.15) is 21.4 Å². The number of hydrogen-bond donors (Lipinski definition) is 0. The zero-order chi connectivity index (χ0) is 13.8. The normalized spacial score (nSPS) is 12.2. The lowest BCUT2D eigenvalue weighted by Gasteiger charge is -2.11. The molecule has 0 amide bonds. The van der Waals surface area contributed by atoms with Gasteiger partial charge in [-0.05, 0) is 19.1 Å². The lowest BCUT2D eigenvalue weighted by Crippen LogP contribution is -2.02. The van der Waals surface area contributed by atoms with E-state index in [1.165, 1.54) is 11.3 Å². The van der Waals surface area contributed by atoms with E-state index in [4.69, 9.17) is 9.47 Å². The number of benzene rings is 1. The summed E-state index contributed by atoms with van der Waals surface area (Å²) < 4.78 is 23.0. The van der Waals surface area contributed by atoms with Gasteiger partial charge in [0.15, 0.2) is 0 Å². The van der Waals surface area contributed by atoms with Crippen LogP contribution < -0.4 is 9.47 Å². The SMILES string of the molecule is COc1cccc(OC)c1S(=O)Cc1nc(C)cs1. The Balaban J connectivity index is 2.32. The van der Waals surface area contributed by atoms with Gasteiger partial charge < -0.3 is 9.47 Å². The number of methoxy groups -OCH3 is 2. The van der Waals surface area contributed by atoms with Crippen LogP contribution in [0.2, 0.25) is 0 Å². The van der Waals surface area contributed by atoms with Crippen molar-refractivity contribution >= 4 is 22.1 Å². The van der Waals surface area contributed by atoms with Crippen molar-refractivity contribution in [2.45, 2.75) is 17.6 Å². The van der Waals surface area contributed by atoms with Crippen LogP contribution in [-0.2, 0) is 16.6 Å². The van der Waals surface area contributed by atoms with E-state index in [2.05, 4.69) is 4.98 Å². The zero-order valence-electron chi connectivity index (χ0n) is 11.0. The molecule has 0 aliphatic carbocycles. The second kappa shape index (κ2) is 6.16. The van der Waals surface area contributed by atoms with E-state index in [-0.39, 0.29) is 0 Å². The molecule has 2 rings (SSSR count). The first-order valence-corrected chi connectivity index (χ1v) is 7.86. The highest BCUT2D eigenvalue weighted by Crippen LogP contribution is 2.33. The molecular formula is C13H15NO3S2. The topological polar surface area (TPSA) is 48.4 Å². The van der Waals surface area contributed by atoms with Crippen LogP contribution in [0.25, 0.3) is 0 Å². The molecule has 19 heavy (non-hydrogen) atoms. The van der Waals surface area contributed by atoms with Gasteiger partial charge in [0.2, 0.25) is 0 Å². The maximum atomic E-state index is 12.5. The lowest BCUT2D eigenvalue weighted by molar-refractivity contribution is 0.375. The molecule has 0 saturated carbocycles. The Labute approximate surface area is 118 Å². The third kappa shape index (κ3) is 3.13. The van der Waals surface area contributed by atoms with Gasteiger partial charge in [-0.1, -0.05) is 6.07 Å². The molecule has 1 unspecified atom stereocenters. The van der Waals surface area contributed by atoms with Crippen LogP contribution in [0.1, 0.15) is 10.7 Å². The molecule has 0 bridgehead atoms. The van der Waals surface area contributed by atoms with Crippen molar-refractivity contribution in [1.29, 1.82) is 0 Å². The van der Waals surface area contributed by atoms with Crippen LogP contribution in [0.15, 0.2) is 28.5 Å². The van der Waals surface area contributed by atoms with E-state index >= 15 is 0 Å². The van der Waals surface area contributed by atoms with Gasteiger partial charge >= 0.3 is 0 Å². The zero-order valence-corrected chi connectivity index (χ0v) is 12.6. The maximum absolute atomic E-state index is 12.5. The first-order chi connectivity index (χ1) is 9.15. The number of aromatic nitrogens is 1. The maximum Gasteiger partial charge on any atom is 0.138 e. The van der Waals surface area contributed by atoms with Crippen LogP contribution in [0.4, 0.5) is 0 Å². The summed E-state index contributed by atoms with van der Waals surface area (Å²) in [5, 5.41) is 2.80. The smallest absolute Gasteiger partial charge is 0.138 e. The molecule has 1 aromatic heterocycles. The number of thiazole rings is 1. The molecule has 0 saturated heterocycles. The fourth-order valence-corrected chi connectivity index (χ4v) is 4.03. The molecule has 1 heterocycles. The molecule has 6 heteroatoms.